The number of nitrogens with zero attached hydrogens (tertiary/aromatic N) is 1. The first-order valence-electron chi connectivity index (χ1n) is 9.23. The Labute approximate surface area is 125 Å². The summed E-state index contributed by atoms with van der Waals surface area (Å²) in [6.45, 7) is 8.72. The molecule has 2 heteroatoms. The number of rotatable bonds is 5. The second-order valence-electron chi connectivity index (χ2n) is 7.82. The summed E-state index contributed by atoms with van der Waals surface area (Å²) in [6, 6.07) is 1.61. The minimum absolute atomic E-state index is 0.799. The van der Waals surface area contributed by atoms with Crippen molar-refractivity contribution in [3.05, 3.63) is 0 Å². The van der Waals surface area contributed by atoms with Crippen LogP contribution in [0.15, 0.2) is 0 Å². The normalized spacial score (nSPS) is 39.9. The van der Waals surface area contributed by atoms with E-state index in [9.17, 15) is 0 Å². The van der Waals surface area contributed by atoms with E-state index in [2.05, 4.69) is 24.1 Å². The third kappa shape index (κ3) is 3.76. The Morgan fingerprint density at radius 2 is 1.80 bits per heavy atom. The fourth-order valence-electron chi connectivity index (χ4n) is 4.34. The van der Waals surface area contributed by atoms with Crippen molar-refractivity contribution in [2.75, 3.05) is 19.6 Å². The average molecular weight is 278 g/mol. The lowest BCUT2D eigenvalue weighted by Gasteiger charge is -2.41. The van der Waals surface area contributed by atoms with Gasteiger partial charge in [-0.2, -0.15) is 0 Å². The van der Waals surface area contributed by atoms with Gasteiger partial charge >= 0.3 is 0 Å². The zero-order valence-corrected chi connectivity index (χ0v) is 13.6. The van der Waals surface area contributed by atoms with Crippen molar-refractivity contribution < 1.29 is 0 Å². The Kier molecular flexibility index (Phi) is 5.04. The summed E-state index contributed by atoms with van der Waals surface area (Å²) in [7, 11) is 0. The highest BCUT2D eigenvalue weighted by atomic mass is 15.2. The number of hydrogen-bond acceptors (Lipinski definition) is 2. The van der Waals surface area contributed by atoms with Crippen LogP contribution in [0.5, 0.6) is 0 Å². The van der Waals surface area contributed by atoms with Crippen molar-refractivity contribution in [1.29, 1.82) is 0 Å². The van der Waals surface area contributed by atoms with Crippen LogP contribution in [0, 0.1) is 17.8 Å². The van der Waals surface area contributed by atoms with Crippen molar-refractivity contribution in [3.8, 4) is 0 Å². The summed E-state index contributed by atoms with van der Waals surface area (Å²) in [5.41, 5.74) is 0. The molecule has 0 aromatic rings. The van der Waals surface area contributed by atoms with Gasteiger partial charge in [-0.05, 0) is 50.0 Å². The molecule has 3 rings (SSSR count). The predicted molar refractivity (Wildman–Crippen MR) is 85.9 cm³/mol. The molecule has 2 unspecified atom stereocenters. The summed E-state index contributed by atoms with van der Waals surface area (Å²) in [5, 5.41) is 3.81. The molecule has 1 aliphatic heterocycles. The summed E-state index contributed by atoms with van der Waals surface area (Å²) in [6.07, 6.45) is 11.7. The Bertz CT molecular complexity index is 292. The standard InChI is InChI=1S/C18H34N2/c1-3-17-12-19-18(16-8-9-16)13-20(17)11-10-15-6-4-14(2)5-7-15/h14-19H,3-13H2,1-2H3. The van der Waals surface area contributed by atoms with Gasteiger partial charge in [-0.3, -0.25) is 4.90 Å². The lowest BCUT2D eigenvalue weighted by molar-refractivity contribution is 0.106. The summed E-state index contributed by atoms with van der Waals surface area (Å²) in [5.74, 6) is 3.02. The van der Waals surface area contributed by atoms with Gasteiger partial charge in [0.05, 0.1) is 0 Å². The summed E-state index contributed by atoms with van der Waals surface area (Å²) in [4.78, 5) is 2.83. The molecule has 0 spiro atoms. The van der Waals surface area contributed by atoms with Gasteiger partial charge in [0.1, 0.15) is 0 Å². The van der Waals surface area contributed by atoms with Gasteiger partial charge in [-0.15, -0.1) is 0 Å². The molecule has 1 heterocycles. The quantitative estimate of drug-likeness (QED) is 0.825. The van der Waals surface area contributed by atoms with Gasteiger partial charge in [-0.1, -0.05) is 39.5 Å². The number of piperazine rings is 1. The van der Waals surface area contributed by atoms with Gasteiger partial charge in [0.2, 0.25) is 0 Å². The number of nitrogens with one attached hydrogen (secondary N) is 1. The minimum Gasteiger partial charge on any atom is -0.311 e. The van der Waals surface area contributed by atoms with Crippen LogP contribution in [-0.4, -0.2) is 36.6 Å². The highest BCUT2D eigenvalue weighted by Crippen LogP contribution is 2.35. The van der Waals surface area contributed by atoms with E-state index in [0.29, 0.717) is 0 Å². The fourth-order valence-corrected chi connectivity index (χ4v) is 4.34. The molecule has 2 atom stereocenters. The van der Waals surface area contributed by atoms with Crippen LogP contribution in [0.25, 0.3) is 0 Å². The van der Waals surface area contributed by atoms with Gasteiger partial charge in [0, 0.05) is 25.2 Å². The van der Waals surface area contributed by atoms with E-state index in [0.717, 1.165) is 29.8 Å². The summed E-state index contributed by atoms with van der Waals surface area (Å²) < 4.78 is 0. The minimum atomic E-state index is 0.799. The molecule has 0 bridgehead atoms. The monoisotopic (exact) mass is 278 g/mol. The van der Waals surface area contributed by atoms with Crippen LogP contribution < -0.4 is 5.32 Å². The first kappa shape index (κ1) is 14.8. The molecule has 3 fully saturated rings. The molecule has 2 nitrogen and oxygen atoms in total. The first-order chi connectivity index (χ1) is 9.76. The number of hydrogen-bond donors (Lipinski definition) is 1. The highest BCUT2D eigenvalue weighted by molar-refractivity contribution is 4.94. The summed E-state index contributed by atoms with van der Waals surface area (Å²) >= 11 is 0. The van der Waals surface area contributed by atoms with Crippen LogP contribution in [-0.2, 0) is 0 Å². The van der Waals surface area contributed by atoms with E-state index in [4.69, 9.17) is 0 Å². The van der Waals surface area contributed by atoms with Crippen LogP contribution in [0.2, 0.25) is 0 Å². The van der Waals surface area contributed by atoms with E-state index >= 15 is 0 Å². The molecule has 20 heavy (non-hydrogen) atoms. The SMILES string of the molecule is CCC1CNC(C2CC2)CN1CCC1CCC(C)CC1. The molecule has 1 N–H and O–H groups in total. The Balaban J connectivity index is 1.45. The fraction of sp³-hybridized carbons (Fsp3) is 1.00. The van der Waals surface area contributed by atoms with E-state index in [1.807, 2.05) is 0 Å². The van der Waals surface area contributed by atoms with Crippen molar-refractivity contribution in [2.24, 2.45) is 17.8 Å². The maximum absolute atomic E-state index is 3.81. The second kappa shape index (κ2) is 6.79. The third-order valence-electron chi connectivity index (χ3n) is 6.19. The average Bonchev–Trinajstić information content (AvgIpc) is 3.31. The van der Waals surface area contributed by atoms with Gasteiger partial charge in [0.15, 0.2) is 0 Å². The van der Waals surface area contributed by atoms with Crippen LogP contribution in [0.1, 0.15) is 65.2 Å². The topological polar surface area (TPSA) is 15.3 Å². The molecule has 2 aliphatic carbocycles. The molecule has 1 saturated heterocycles. The van der Waals surface area contributed by atoms with Gasteiger partial charge < -0.3 is 5.32 Å². The molecule has 0 radical (unpaired) electrons. The molecular formula is C18H34N2. The van der Waals surface area contributed by atoms with Crippen molar-refractivity contribution in [2.45, 2.75) is 77.3 Å². The molecule has 0 aromatic carbocycles. The smallest absolute Gasteiger partial charge is 0.0224 e. The zero-order valence-electron chi connectivity index (χ0n) is 13.6. The maximum Gasteiger partial charge on any atom is 0.0224 e. The Morgan fingerprint density at radius 3 is 2.45 bits per heavy atom. The van der Waals surface area contributed by atoms with E-state index in [-0.39, 0.29) is 0 Å². The Hall–Kier alpha value is -0.0800. The van der Waals surface area contributed by atoms with Crippen LogP contribution in [0.3, 0.4) is 0 Å². The molecule has 3 aliphatic rings. The van der Waals surface area contributed by atoms with E-state index < -0.39 is 0 Å². The van der Waals surface area contributed by atoms with Gasteiger partial charge in [0.25, 0.3) is 0 Å². The lowest BCUT2D eigenvalue weighted by Crippen LogP contribution is -2.57. The Morgan fingerprint density at radius 1 is 1.05 bits per heavy atom. The molecular weight excluding hydrogens is 244 g/mol. The van der Waals surface area contributed by atoms with Crippen molar-refractivity contribution in [1.82, 2.24) is 10.2 Å². The van der Waals surface area contributed by atoms with E-state index in [1.54, 1.807) is 0 Å². The van der Waals surface area contributed by atoms with E-state index in [1.165, 1.54) is 71.0 Å². The van der Waals surface area contributed by atoms with Crippen LogP contribution >= 0.6 is 0 Å². The molecule has 0 amide bonds. The molecule has 2 saturated carbocycles. The lowest BCUT2D eigenvalue weighted by atomic mass is 9.81. The molecule has 116 valence electrons. The second-order valence-corrected chi connectivity index (χ2v) is 7.82. The first-order valence-corrected chi connectivity index (χ1v) is 9.23. The van der Waals surface area contributed by atoms with Crippen molar-refractivity contribution in [3.63, 3.8) is 0 Å². The van der Waals surface area contributed by atoms with Crippen LogP contribution in [0.4, 0.5) is 0 Å². The predicted octanol–water partition coefficient (Wildman–Crippen LogP) is 3.67. The maximum atomic E-state index is 3.81. The largest absolute Gasteiger partial charge is 0.311 e. The highest BCUT2D eigenvalue weighted by Gasteiger charge is 2.36. The third-order valence-corrected chi connectivity index (χ3v) is 6.19. The molecule has 0 aromatic heterocycles. The zero-order chi connectivity index (χ0) is 13.9. The van der Waals surface area contributed by atoms with Gasteiger partial charge in [-0.25, -0.2) is 0 Å². The van der Waals surface area contributed by atoms with Crippen molar-refractivity contribution >= 4 is 0 Å².